The molecule has 0 aliphatic carbocycles. The van der Waals surface area contributed by atoms with Crippen molar-refractivity contribution in [3.63, 3.8) is 0 Å². The maximum Gasteiger partial charge on any atom is 0.149 e. The summed E-state index contributed by atoms with van der Waals surface area (Å²) in [5.74, 6) is 0.829. The number of hydrogen-bond acceptors (Lipinski definition) is 4. The molecular weight excluding hydrogens is 190 g/mol. The molecule has 1 aromatic heterocycles. The Labute approximate surface area is 77.7 Å². The zero-order chi connectivity index (χ0) is 9.90. The summed E-state index contributed by atoms with van der Waals surface area (Å²) >= 11 is 0. The molecule has 13 heavy (non-hydrogen) atoms. The fourth-order valence-electron chi connectivity index (χ4n) is 0.874. The third-order valence-electron chi connectivity index (χ3n) is 1.49. The Morgan fingerprint density at radius 1 is 1.62 bits per heavy atom. The molecule has 1 rings (SSSR count). The summed E-state index contributed by atoms with van der Waals surface area (Å²) < 4.78 is 23.2. The highest BCUT2D eigenvalue weighted by atomic mass is 32.2. The summed E-state index contributed by atoms with van der Waals surface area (Å²) in [7, 11) is -1.08. The van der Waals surface area contributed by atoms with Gasteiger partial charge in [0.25, 0.3) is 0 Å². The number of nitrogens with one attached hydrogen (secondary N) is 1. The maximum atomic E-state index is 10.8. The molecule has 0 spiro atoms. The van der Waals surface area contributed by atoms with E-state index in [0.717, 1.165) is 0 Å². The lowest BCUT2D eigenvalue weighted by Gasteiger charge is -2.00. The van der Waals surface area contributed by atoms with Crippen LogP contribution < -0.4 is 5.32 Å². The Morgan fingerprint density at radius 2 is 2.31 bits per heavy atom. The summed E-state index contributed by atoms with van der Waals surface area (Å²) in [5, 5.41) is 6.95. The topological polar surface area (TPSA) is 64.0 Å². The molecule has 6 heteroatoms. The highest BCUT2D eigenvalue weighted by Gasteiger charge is 2.01. The minimum atomic E-state index is -2.88. The van der Waals surface area contributed by atoms with Crippen molar-refractivity contribution in [3.05, 3.63) is 12.3 Å². The Balaban J connectivity index is 2.36. The zero-order valence-corrected chi connectivity index (χ0v) is 8.50. The van der Waals surface area contributed by atoms with Crippen molar-refractivity contribution < 1.29 is 8.42 Å². The van der Waals surface area contributed by atoms with Gasteiger partial charge in [0.2, 0.25) is 0 Å². The molecule has 0 aromatic carbocycles. The van der Waals surface area contributed by atoms with Crippen LogP contribution >= 0.6 is 0 Å². The van der Waals surface area contributed by atoms with Gasteiger partial charge in [-0.25, -0.2) is 8.42 Å². The minimum absolute atomic E-state index is 0.129. The zero-order valence-electron chi connectivity index (χ0n) is 7.69. The van der Waals surface area contributed by atoms with E-state index in [4.69, 9.17) is 0 Å². The average molecular weight is 203 g/mol. The molecule has 0 amide bonds. The Hall–Kier alpha value is -1.04. The summed E-state index contributed by atoms with van der Waals surface area (Å²) in [6.45, 7) is 0.399. The van der Waals surface area contributed by atoms with E-state index in [1.165, 1.54) is 6.26 Å². The van der Waals surface area contributed by atoms with E-state index in [9.17, 15) is 8.42 Å². The molecule has 0 aliphatic rings. The second-order valence-corrected chi connectivity index (χ2v) is 5.19. The van der Waals surface area contributed by atoms with Crippen LogP contribution in [0.4, 0.5) is 5.82 Å². The number of aryl methyl sites for hydroxylation is 1. The van der Waals surface area contributed by atoms with Gasteiger partial charge in [-0.15, -0.1) is 0 Å². The third kappa shape index (κ3) is 3.93. The van der Waals surface area contributed by atoms with Crippen LogP contribution in [-0.2, 0) is 16.9 Å². The van der Waals surface area contributed by atoms with Crippen molar-refractivity contribution in [1.29, 1.82) is 0 Å². The maximum absolute atomic E-state index is 10.8. The van der Waals surface area contributed by atoms with Gasteiger partial charge in [0.05, 0.1) is 5.75 Å². The molecule has 0 unspecified atom stereocenters. The van der Waals surface area contributed by atoms with Gasteiger partial charge in [-0.2, -0.15) is 5.10 Å². The van der Waals surface area contributed by atoms with E-state index in [1.807, 2.05) is 7.05 Å². The van der Waals surface area contributed by atoms with Gasteiger partial charge >= 0.3 is 0 Å². The van der Waals surface area contributed by atoms with Gasteiger partial charge in [0.15, 0.2) is 0 Å². The fourth-order valence-corrected chi connectivity index (χ4v) is 1.35. The molecule has 1 aromatic rings. The molecular formula is C7H13N3O2S. The molecule has 0 atom stereocenters. The fraction of sp³-hybridized carbons (Fsp3) is 0.571. The van der Waals surface area contributed by atoms with Crippen molar-refractivity contribution >= 4 is 15.7 Å². The largest absolute Gasteiger partial charge is 0.368 e. The highest BCUT2D eigenvalue weighted by Crippen LogP contribution is 1.99. The monoisotopic (exact) mass is 203 g/mol. The molecule has 0 fully saturated rings. The lowest BCUT2D eigenvalue weighted by molar-refractivity contribution is 0.602. The molecule has 0 radical (unpaired) electrons. The standard InChI is InChI=1S/C7H13N3O2S/c1-10-5-3-7(9-10)8-4-6-13(2,11)12/h3,5H,4,6H2,1-2H3,(H,8,9). The molecule has 74 valence electrons. The summed E-state index contributed by atoms with van der Waals surface area (Å²) in [6.07, 6.45) is 3.01. The highest BCUT2D eigenvalue weighted by molar-refractivity contribution is 7.90. The smallest absolute Gasteiger partial charge is 0.149 e. The second kappa shape index (κ2) is 3.78. The Morgan fingerprint density at radius 3 is 2.77 bits per heavy atom. The third-order valence-corrected chi connectivity index (χ3v) is 2.44. The predicted molar refractivity (Wildman–Crippen MR) is 51.4 cm³/mol. The van der Waals surface area contributed by atoms with Crippen molar-refractivity contribution in [3.8, 4) is 0 Å². The first-order valence-electron chi connectivity index (χ1n) is 3.88. The first-order chi connectivity index (χ1) is 5.97. The van der Waals surface area contributed by atoms with Crippen LogP contribution in [0, 0.1) is 0 Å². The SMILES string of the molecule is Cn1ccc(NCCS(C)(=O)=O)n1. The number of anilines is 1. The average Bonchev–Trinajstić information content (AvgIpc) is 2.33. The van der Waals surface area contributed by atoms with Crippen molar-refractivity contribution in [2.45, 2.75) is 0 Å². The van der Waals surface area contributed by atoms with Crippen LogP contribution in [0.1, 0.15) is 0 Å². The number of aromatic nitrogens is 2. The van der Waals surface area contributed by atoms with E-state index in [1.54, 1.807) is 16.9 Å². The van der Waals surface area contributed by atoms with E-state index in [2.05, 4.69) is 10.4 Å². The van der Waals surface area contributed by atoms with Crippen LogP contribution in [0.25, 0.3) is 0 Å². The molecule has 5 nitrogen and oxygen atoms in total. The lowest BCUT2D eigenvalue weighted by atomic mass is 10.6. The normalized spacial score (nSPS) is 11.5. The number of rotatable bonds is 4. The summed E-state index contributed by atoms with van der Waals surface area (Å²) in [4.78, 5) is 0. The minimum Gasteiger partial charge on any atom is -0.368 e. The van der Waals surface area contributed by atoms with E-state index in [-0.39, 0.29) is 5.75 Å². The van der Waals surface area contributed by atoms with Gasteiger partial charge in [-0.1, -0.05) is 0 Å². The van der Waals surface area contributed by atoms with Crippen LogP contribution in [0.3, 0.4) is 0 Å². The van der Waals surface area contributed by atoms with Crippen LogP contribution in [-0.4, -0.2) is 36.8 Å². The van der Waals surface area contributed by atoms with Gasteiger partial charge in [0, 0.05) is 32.1 Å². The van der Waals surface area contributed by atoms with Crippen LogP contribution in [0.2, 0.25) is 0 Å². The van der Waals surface area contributed by atoms with Gasteiger partial charge in [0.1, 0.15) is 15.7 Å². The number of sulfone groups is 1. The summed E-state index contributed by atoms with van der Waals surface area (Å²) in [6, 6.07) is 1.79. The Kier molecular flexibility index (Phi) is 2.92. The molecule has 0 aliphatic heterocycles. The van der Waals surface area contributed by atoms with Gasteiger partial charge in [-0.3, -0.25) is 4.68 Å². The van der Waals surface area contributed by atoms with E-state index in [0.29, 0.717) is 12.4 Å². The van der Waals surface area contributed by atoms with Crippen LogP contribution in [0.5, 0.6) is 0 Å². The first kappa shape index (κ1) is 10.0. The summed E-state index contributed by atoms with van der Waals surface area (Å²) in [5.41, 5.74) is 0. The predicted octanol–water partition coefficient (Wildman–Crippen LogP) is -0.123. The number of nitrogens with zero attached hydrogens (tertiary/aromatic N) is 2. The van der Waals surface area contributed by atoms with E-state index < -0.39 is 9.84 Å². The van der Waals surface area contributed by atoms with Gasteiger partial charge in [-0.05, 0) is 0 Å². The molecule has 0 saturated heterocycles. The van der Waals surface area contributed by atoms with Crippen molar-refractivity contribution in [2.75, 3.05) is 23.9 Å². The molecule has 1 heterocycles. The van der Waals surface area contributed by atoms with Crippen molar-refractivity contribution in [1.82, 2.24) is 9.78 Å². The second-order valence-electron chi connectivity index (χ2n) is 2.93. The molecule has 1 N–H and O–H groups in total. The van der Waals surface area contributed by atoms with Gasteiger partial charge < -0.3 is 5.32 Å². The van der Waals surface area contributed by atoms with Crippen molar-refractivity contribution in [2.24, 2.45) is 7.05 Å². The first-order valence-corrected chi connectivity index (χ1v) is 5.95. The Bertz CT molecular complexity index is 369. The van der Waals surface area contributed by atoms with Crippen LogP contribution in [0.15, 0.2) is 12.3 Å². The number of hydrogen-bond donors (Lipinski definition) is 1. The van der Waals surface area contributed by atoms with E-state index >= 15 is 0 Å². The molecule has 0 bridgehead atoms. The lowest BCUT2D eigenvalue weighted by Crippen LogP contribution is -2.14. The quantitative estimate of drug-likeness (QED) is 0.740. The molecule has 0 saturated carbocycles.